The lowest BCUT2D eigenvalue weighted by Gasteiger charge is -2.34. The number of nitrogens with zero attached hydrogens (tertiary/aromatic N) is 3. The van der Waals surface area contributed by atoms with Crippen LogP contribution in [0, 0.1) is 5.92 Å². The second kappa shape index (κ2) is 10.3. The molecule has 2 bridgehead atoms. The number of nitrogens with one attached hydrogen (secondary N) is 2. The topological polar surface area (TPSA) is 86.7 Å². The number of carbonyl (C=O) groups is 2. The van der Waals surface area contributed by atoms with Crippen LogP contribution in [0.1, 0.15) is 76.4 Å². The highest BCUT2D eigenvalue weighted by Gasteiger charge is 2.41. The third-order valence-corrected chi connectivity index (χ3v) is 7.20. The van der Waals surface area contributed by atoms with Crippen molar-refractivity contribution < 1.29 is 9.59 Å². The minimum absolute atomic E-state index is 0.0420. The summed E-state index contributed by atoms with van der Waals surface area (Å²) in [6, 6.07) is 3.78. The van der Waals surface area contributed by atoms with E-state index in [-0.39, 0.29) is 22.9 Å². The molecule has 7 nitrogen and oxygen atoms in total. The normalized spacial score (nSPS) is 25.1. The molecule has 0 aromatic carbocycles. The monoisotopic (exact) mass is 483 g/mol. The van der Waals surface area contributed by atoms with Crippen LogP contribution in [-0.4, -0.2) is 40.3 Å². The summed E-state index contributed by atoms with van der Waals surface area (Å²) in [5.74, 6) is 1.36. The summed E-state index contributed by atoms with van der Waals surface area (Å²) in [7, 11) is 0. The third-order valence-electron chi connectivity index (χ3n) is 6.45. The maximum Gasteiger partial charge on any atom is 0.265 e. The van der Waals surface area contributed by atoms with E-state index in [4.69, 9.17) is 4.98 Å². The Bertz CT molecular complexity index is 995. The van der Waals surface area contributed by atoms with E-state index in [1.165, 1.54) is 0 Å². The van der Waals surface area contributed by atoms with Gasteiger partial charge in [0.15, 0.2) is 0 Å². The summed E-state index contributed by atoms with van der Waals surface area (Å²) in [6.07, 6.45) is 5.66. The smallest absolute Gasteiger partial charge is 0.265 e. The molecule has 0 saturated carbocycles. The van der Waals surface area contributed by atoms with Crippen molar-refractivity contribution in [2.24, 2.45) is 10.9 Å². The Hall–Kier alpha value is -2.61. The van der Waals surface area contributed by atoms with Crippen LogP contribution in [0.2, 0.25) is 0 Å². The Morgan fingerprint density at radius 3 is 2.68 bits per heavy atom. The molecule has 2 aliphatic heterocycles. The summed E-state index contributed by atoms with van der Waals surface area (Å²) < 4.78 is 2.89. The van der Waals surface area contributed by atoms with Crippen molar-refractivity contribution in [3.8, 4) is 0 Å². The summed E-state index contributed by atoms with van der Waals surface area (Å²) in [5, 5.41) is 3.78. The van der Waals surface area contributed by atoms with Gasteiger partial charge in [-0.3, -0.25) is 9.52 Å². The first-order valence-electron chi connectivity index (χ1n) is 11.8. The Kier molecular flexibility index (Phi) is 7.91. The number of aliphatic imine (C=N–C) groups is 1. The number of aromatic nitrogens is 1. The number of anilines is 1. The molecule has 1 aromatic heterocycles. The zero-order chi connectivity index (χ0) is 25.1. The minimum atomic E-state index is -0.228. The number of carbonyl (C=O) groups excluding carboxylic acids is 2. The average molecular weight is 484 g/mol. The molecular formula is C26H37N5O2S. The van der Waals surface area contributed by atoms with E-state index in [1.54, 1.807) is 6.08 Å². The van der Waals surface area contributed by atoms with Crippen LogP contribution in [-0.2, 0) is 10.2 Å². The fourth-order valence-corrected chi connectivity index (χ4v) is 5.22. The fraction of sp³-hybridized carbons (Fsp3) is 0.538. The molecule has 2 atom stereocenters. The molecule has 1 amide bonds. The van der Waals surface area contributed by atoms with Crippen molar-refractivity contribution in [1.29, 1.82) is 0 Å². The van der Waals surface area contributed by atoms with Crippen molar-refractivity contribution in [1.82, 2.24) is 15.0 Å². The van der Waals surface area contributed by atoms with Crippen molar-refractivity contribution in [3.05, 3.63) is 48.4 Å². The van der Waals surface area contributed by atoms with E-state index in [1.807, 2.05) is 12.1 Å². The molecule has 184 valence electrons. The zero-order valence-electron chi connectivity index (χ0n) is 21.0. The molecule has 3 rings (SSSR count). The number of hydrogen-bond acceptors (Lipinski definition) is 7. The molecular weight excluding hydrogens is 446 g/mol. The van der Waals surface area contributed by atoms with Crippen LogP contribution < -0.4 is 14.9 Å². The Morgan fingerprint density at radius 2 is 2.03 bits per heavy atom. The largest absolute Gasteiger partial charge is 0.367 e. The van der Waals surface area contributed by atoms with Gasteiger partial charge in [0, 0.05) is 47.6 Å². The van der Waals surface area contributed by atoms with Crippen LogP contribution in [0.5, 0.6) is 0 Å². The average Bonchev–Trinajstić information content (AvgIpc) is 3.07. The maximum absolute atomic E-state index is 13.3. The van der Waals surface area contributed by atoms with E-state index in [2.05, 4.69) is 67.7 Å². The standard InChI is InChI=1S/C26H37N5O2S/c1-8-22-28-17(2)27-19(13-14-32)10-9-18-15-26(6,7)31(16-18)23-20(24(33)30-34-22)11-12-21(29-23)25(3,4)5/h8,11-12,14,18-19,27H,1-2,9-10,13,15-16H2,3-7H3,(H,30,33)/b28-22+. The second-order valence-corrected chi connectivity index (χ2v) is 11.6. The van der Waals surface area contributed by atoms with Crippen LogP contribution >= 0.6 is 11.9 Å². The number of rotatable bonds is 3. The Balaban J connectivity index is 2.06. The Morgan fingerprint density at radius 1 is 1.29 bits per heavy atom. The summed E-state index contributed by atoms with van der Waals surface area (Å²) in [5.41, 5.74) is 1.20. The Labute approximate surface area is 207 Å². The first-order valence-corrected chi connectivity index (χ1v) is 12.6. The van der Waals surface area contributed by atoms with Gasteiger partial charge in [-0.25, -0.2) is 9.98 Å². The zero-order valence-corrected chi connectivity index (χ0v) is 21.8. The van der Waals surface area contributed by atoms with Gasteiger partial charge in [-0.1, -0.05) is 33.9 Å². The fourth-order valence-electron chi connectivity index (χ4n) is 4.67. The number of aldehydes is 1. The highest BCUT2D eigenvalue weighted by atomic mass is 32.2. The van der Waals surface area contributed by atoms with Crippen LogP contribution in [0.25, 0.3) is 0 Å². The number of fused-ring (bicyclic) bond motifs is 4. The second-order valence-electron chi connectivity index (χ2n) is 10.8. The molecule has 1 aromatic rings. The van der Waals surface area contributed by atoms with Gasteiger partial charge < -0.3 is 15.0 Å². The molecule has 8 heteroatoms. The van der Waals surface area contributed by atoms with E-state index >= 15 is 0 Å². The first-order chi connectivity index (χ1) is 15.9. The highest BCUT2D eigenvalue weighted by Crippen LogP contribution is 2.40. The molecule has 2 aliphatic rings. The molecule has 0 radical (unpaired) electrons. The molecule has 34 heavy (non-hydrogen) atoms. The molecule has 2 unspecified atom stereocenters. The van der Waals surface area contributed by atoms with Gasteiger partial charge in [0.1, 0.15) is 23.0 Å². The lowest BCUT2D eigenvalue weighted by Crippen LogP contribution is -2.40. The highest BCUT2D eigenvalue weighted by molar-refractivity contribution is 8.13. The SMILES string of the molecule is C=C/C1=N\C(=C)NC(CC=O)CCC2CN(c3nc(C(C)(C)C)ccc3C(=O)NS1)C(C)(C)C2. The molecule has 0 spiro atoms. The van der Waals surface area contributed by atoms with E-state index in [0.717, 1.165) is 55.6 Å². The summed E-state index contributed by atoms with van der Waals surface area (Å²) in [4.78, 5) is 36.3. The molecule has 1 saturated heterocycles. The van der Waals surface area contributed by atoms with Gasteiger partial charge in [0.25, 0.3) is 5.91 Å². The van der Waals surface area contributed by atoms with E-state index in [0.29, 0.717) is 28.8 Å². The van der Waals surface area contributed by atoms with Crippen molar-refractivity contribution in [3.63, 3.8) is 0 Å². The number of pyridine rings is 1. The molecule has 3 heterocycles. The van der Waals surface area contributed by atoms with Crippen LogP contribution in [0.4, 0.5) is 5.82 Å². The van der Waals surface area contributed by atoms with Crippen molar-refractivity contribution in [2.45, 2.75) is 77.3 Å². The van der Waals surface area contributed by atoms with E-state index < -0.39 is 0 Å². The predicted octanol–water partition coefficient (Wildman–Crippen LogP) is 4.76. The van der Waals surface area contributed by atoms with Crippen LogP contribution in [0.3, 0.4) is 0 Å². The van der Waals surface area contributed by atoms with Gasteiger partial charge in [-0.05, 0) is 57.2 Å². The predicted molar refractivity (Wildman–Crippen MR) is 141 cm³/mol. The lowest BCUT2D eigenvalue weighted by molar-refractivity contribution is -0.108. The number of amides is 1. The summed E-state index contributed by atoms with van der Waals surface area (Å²) in [6.45, 7) is 19.4. The van der Waals surface area contributed by atoms with Gasteiger partial charge in [0.05, 0.1) is 5.56 Å². The molecule has 2 N–H and O–H groups in total. The van der Waals surface area contributed by atoms with Gasteiger partial charge in [-0.2, -0.15) is 0 Å². The van der Waals surface area contributed by atoms with Crippen LogP contribution in [0.15, 0.2) is 42.2 Å². The van der Waals surface area contributed by atoms with E-state index in [9.17, 15) is 9.59 Å². The third kappa shape index (κ3) is 6.09. The van der Waals surface area contributed by atoms with Crippen molar-refractivity contribution in [2.75, 3.05) is 11.4 Å². The van der Waals surface area contributed by atoms with Crippen molar-refractivity contribution >= 4 is 35.0 Å². The maximum atomic E-state index is 13.3. The molecule has 1 fully saturated rings. The molecule has 0 aliphatic carbocycles. The number of hydrogen-bond donors (Lipinski definition) is 2. The lowest BCUT2D eigenvalue weighted by atomic mass is 9.90. The van der Waals surface area contributed by atoms with Gasteiger partial charge in [-0.15, -0.1) is 0 Å². The first kappa shape index (κ1) is 26.0. The van der Waals surface area contributed by atoms with Gasteiger partial charge >= 0.3 is 0 Å². The minimum Gasteiger partial charge on any atom is -0.367 e. The quantitative estimate of drug-likeness (QED) is 0.476. The van der Waals surface area contributed by atoms with Gasteiger partial charge in [0.2, 0.25) is 0 Å². The summed E-state index contributed by atoms with van der Waals surface area (Å²) >= 11 is 1.09.